The molecule has 1 aliphatic rings. The molecule has 0 aliphatic heterocycles. The van der Waals surface area contributed by atoms with Gasteiger partial charge in [0, 0.05) is 24.9 Å². The number of nitrogens with zero attached hydrogens (tertiary/aromatic N) is 1. The van der Waals surface area contributed by atoms with E-state index in [0.29, 0.717) is 18.6 Å². The second-order valence-corrected chi connectivity index (χ2v) is 5.29. The molecule has 1 N–H and O–H groups in total. The first kappa shape index (κ1) is 17.2. The summed E-state index contributed by atoms with van der Waals surface area (Å²) in [6, 6.07) is 7.40. The standard InChI is InChI=1S/C16H21NO2.C2H4/c1-3-11-17(2)16(9-7-14(18)8-10-16)13-5-4-6-15(19)12-13;1-2/h3-6,12,19H,1,7-11H2,2H3;1-2H2. The van der Waals surface area contributed by atoms with Crippen LogP contribution in [0, 0.1) is 0 Å². The molecule has 0 radical (unpaired) electrons. The topological polar surface area (TPSA) is 40.5 Å². The van der Waals surface area contributed by atoms with E-state index in [4.69, 9.17) is 0 Å². The molecule has 0 spiro atoms. The number of hydrogen-bond acceptors (Lipinski definition) is 3. The first-order valence-electron chi connectivity index (χ1n) is 7.22. The first-order valence-corrected chi connectivity index (χ1v) is 7.22. The zero-order chi connectivity index (χ0) is 15.9. The molecule has 2 rings (SSSR count). The van der Waals surface area contributed by atoms with E-state index in [1.807, 2.05) is 24.3 Å². The Morgan fingerprint density at radius 2 is 1.95 bits per heavy atom. The van der Waals surface area contributed by atoms with Crippen molar-refractivity contribution in [1.29, 1.82) is 0 Å². The van der Waals surface area contributed by atoms with E-state index in [-0.39, 0.29) is 11.3 Å². The van der Waals surface area contributed by atoms with Gasteiger partial charge in [0.05, 0.1) is 0 Å². The summed E-state index contributed by atoms with van der Waals surface area (Å²) in [5, 5.41) is 9.72. The molecule has 114 valence electrons. The molecule has 3 nitrogen and oxygen atoms in total. The largest absolute Gasteiger partial charge is 0.508 e. The highest BCUT2D eigenvalue weighted by Gasteiger charge is 2.39. The molecule has 0 bridgehead atoms. The van der Waals surface area contributed by atoms with Gasteiger partial charge in [0.25, 0.3) is 0 Å². The van der Waals surface area contributed by atoms with Crippen molar-refractivity contribution in [2.75, 3.05) is 13.6 Å². The van der Waals surface area contributed by atoms with Crippen LogP contribution in [0.2, 0.25) is 0 Å². The minimum atomic E-state index is -0.166. The van der Waals surface area contributed by atoms with E-state index < -0.39 is 0 Å². The monoisotopic (exact) mass is 287 g/mol. The third-order valence-corrected chi connectivity index (χ3v) is 4.15. The SMILES string of the molecule is C=C.C=CCN(C)C1(c2cccc(O)c2)CCC(=O)CC1. The zero-order valence-electron chi connectivity index (χ0n) is 12.8. The fourth-order valence-corrected chi connectivity index (χ4v) is 3.00. The molecular formula is C18H25NO2. The number of carbonyl (C=O) groups is 1. The molecular weight excluding hydrogens is 262 g/mol. The summed E-state index contributed by atoms with van der Waals surface area (Å²) < 4.78 is 0. The Bertz CT molecular complexity index is 486. The van der Waals surface area contributed by atoms with E-state index in [1.165, 1.54) is 0 Å². The number of carbonyl (C=O) groups excluding carboxylic acids is 1. The average molecular weight is 287 g/mol. The van der Waals surface area contributed by atoms with Gasteiger partial charge in [-0.25, -0.2) is 0 Å². The molecule has 0 amide bonds. The zero-order valence-corrected chi connectivity index (χ0v) is 12.8. The molecule has 1 fully saturated rings. The first-order chi connectivity index (χ1) is 10.1. The number of rotatable bonds is 4. The van der Waals surface area contributed by atoms with Crippen LogP contribution in [0.4, 0.5) is 0 Å². The molecule has 1 aliphatic carbocycles. The van der Waals surface area contributed by atoms with Crippen molar-refractivity contribution in [3.8, 4) is 5.75 Å². The lowest BCUT2D eigenvalue weighted by Crippen LogP contribution is -2.46. The van der Waals surface area contributed by atoms with Crippen molar-refractivity contribution in [1.82, 2.24) is 4.90 Å². The van der Waals surface area contributed by atoms with Gasteiger partial charge in [-0.2, -0.15) is 0 Å². The van der Waals surface area contributed by atoms with E-state index >= 15 is 0 Å². The van der Waals surface area contributed by atoms with Crippen molar-refractivity contribution < 1.29 is 9.90 Å². The van der Waals surface area contributed by atoms with Crippen LogP contribution in [0.15, 0.2) is 50.1 Å². The highest BCUT2D eigenvalue weighted by Crippen LogP contribution is 2.41. The van der Waals surface area contributed by atoms with Crippen molar-refractivity contribution >= 4 is 5.78 Å². The van der Waals surface area contributed by atoms with Gasteiger partial charge in [-0.3, -0.25) is 9.69 Å². The minimum Gasteiger partial charge on any atom is -0.508 e. The maximum absolute atomic E-state index is 11.5. The molecule has 0 aromatic heterocycles. The number of phenolic OH excluding ortho intramolecular Hbond substituents is 1. The Labute approximate surface area is 127 Å². The number of ketones is 1. The summed E-state index contributed by atoms with van der Waals surface area (Å²) in [7, 11) is 2.06. The van der Waals surface area contributed by atoms with Gasteiger partial charge >= 0.3 is 0 Å². The lowest BCUT2D eigenvalue weighted by atomic mass is 9.75. The van der Waals surface area contributed by atoms with Crippen LogP contribution >= 0.6 is 0 Å². The predicted octanol–water partition coefficient (Wildman–Crippen LogP) is 3.65. The van der Waals surface area contributed by atoms with Gasteiger partial charge in [0.15, 0.2) is 0 Å². The van der Waals surface area contributed by atoms with Crippen LogP contribution in [-0.4, -0.2) is 29.4 Å². The molecule has 0 saturated heterocycles. The highest BCUT2D eigenvalue weighted by atomic mass is 16.3. The summed E-state index contributed by atoms with van der Waals surface area (Å²) in [6.45, 7) is 10.6. The number of likely N-dealkylation sites (N-methyl/N-ethyl adjacent to an activating group) is 1. The molecule has 0 heterocycles. The fraction of sp³-hybridized carbons (Fsp3) is 0.389. The average Bonchev–Trinajstić information content (AvgIpc) is 2.50. The molecule has 3 heteroatoms. The number of benzene rings is 1. The molecule has 0 unspecified atom stereocenters. The van der Waals surface area contributed by atoms with E-state index in [2.05, 4.69) is 31.7 Å². The number of hydrogen-bond donors (Lipinski definition) is 1. The third-order valence-electron chi connectivity index (χ3n) is 4.15. The smallest absolute Gasteiger partial charge is 0.133 e. The second-order valence-electron chi connectivity index (χ2n) is 5.29. The van der Waals surface area contributed by atoms with Crippen LogP contribution in [0.25, 0.3) is 0 Å². The summed E-state index contributed by atoms with van der Waals surface area (Å²) in [4.78, 5) is 13.8. The molecule has 1 saturated carbocycles. The van der Waals surface area contributed by atoms with Gasteiger partial charge in [0.2, 0.25) is 0 Å². The number of Topliss-reactive ketones (excluding diaryl/α,β-unsaturated/α-hetero) is 1. The summed E-state index contributed by atoms with van der Waals surface area (Å²) >= 11 is 0. The van der Waals surface area contributed by atoms with Gasteiger partial charge in [0.1, 0.15) is 11.5 Å². The van der Waals surface area contributed by atoms with Crippen molar-refractivity contribution in [2.24, 2.45) is 0 Å². The van der Waals surface area contributed by atoms with Crippen LogP contribution < -0.4 is 0 Å². The predicted molar refractivity (Wildman–Crippen MR) is 87.3 cm³/mol. The lowest BCUT2D eigenvalue weighted by molar-refractivity contribution is -0.123. The van der Waals surface area contributed by atoms with Crippen molar-refractivity contribution in [3.63, 3.8) is 0 Å². The van der Waals surface area contributed by atoms with Crippen molar-refractivity contribution in [2.45, 2.75) is 31.2 Å². The van der Waals surface area contributed by atoms with E-state index in [0.717, 1.165) is 24.9 Å². The van der Waals surface area contributed by atoms with Crippen molar-refractivity contribution in [3.05, 3.63) is 55.6 Å². The number of phenols is 1. The number of aromatic hydroxyl groups is 1. The maximum Gasteiger partial charge on any atom is 0.133 e. The van der Waals surface area contributed by atoms with E-state index in [9.17, 15) is 9.90 Å². The quantitative estimate of drug-likeness (QED) is 0.859. The minimum absolute atomic E-state index is 0.166. The van der Waals surface area contributed by atoms with Crippen LogP contribution in [0.3, 0.4) is 0 Å². The van der Waals surface area contributed by atoms with Gasteiger partial charge in [-0.05, 0) is 37.6 Å². The van der Waals surface area contributed by atoms with Crippen LogP contribution in [0.1, 0.15) is 31.2 Å². The third kappa shape index (κ3) is 3.82. The Morgan fingerprint density at radius 1 is 1.33 bits per heavy atom. The Hall–Kier alpha value is -1.87. The van der Waals surface area contributed by atoms with Gasteiger partial charge in [-0.15, -0.1) is 19.7 Å². The van der Waals surface area contributed by atoms with E-state index in [1.54, 1.807) is 6.07 Å². The second kappa shape index (κ2) is 7.79. The molecule has 0 atom stereocenters. The fourth-order valence-electron chi connectivity index (χ4n) is 3.00. The Balaban J connectivity index is 0.00000106. The van der Waals surface area contributed by atoms with Crippen LogP contribution in [0.5, 0.6) is 5.75 Å². The summed E-state index contributed by atoms with van der Waals surface area (Å²) in [6.07, 6.45) is 4.70. The highest BCUT2D eigenvalue weighted by molar-refractivity contribution is 5.79. The van der Waals surface area contributed by atoms with Gasteiger partial charge in [-0.1, -0.05) is 18.2 Å². The normalized spacial score (nSPS) is 17.0. The summed E-state index contributed by atoms with van der Waals surface area (Å²) in [5.74, 6) is 0.614. The molecule has 1 aromatic rings. The molecule has 21 heavy (non-hydrogen) atoms. The van der Waals surface area contributed by atoms with Gasteiger partial charge < -0.3 is 5.11 Å². The lowest BCUT2D eigenvalue weighted by Gasteiger charge is -2.44. The maximum atomic E-state index is 11.5. The van der Waals surface area contributed by atoms with Crippen LogP contribution in [-0.2, 0) is 10.3 Å². The Morgan fingerprint density at radius 3 is 2.48 bits per heavy atom. The molecule has 1 aromatic carbocycles. The summed E-state index contributed by atoms with van der Waals surface area (Å²) in [5.41, 5.74) is 0.922. The Kier molecular flexibility index (Phi) is 6.38.